The van der Waals surface area contributed by atoms with Gasteiger partial charge in [-0.25, -0.2) is 0 Å². The fourth-order valence-electron chi connectivity index (χ4n) is 1.65. The first-order valence-corrected chi connectivity index (χ1v) is 4.62. The van der Waals surface area contributed by atoms with Crippen LogP contribution < -0.4 is 0 Å². The molecule has 1 aliphatic rings. The number of ketones is 2. The number of fused-ring (bicyclic) bond motifs is 1. The first-order valence-electron chi connectivity index (χ1n) is 4.62. The van der Waals surface area contributed by atoms with E-state index in [9.17, 15) is 14.7 Å². The molecule has 3 nitrogen and oxygen atoms in total. The Morgan fingerprint density at radius 3 is 2.33 bits per heavy atom. The van der Waals surface area contributed by atoms with E-state index in [1.54, 1.807) is 18.2 Å². The number of allylic oxidation sites excluding steroid dienone is 2. The maximum Gasteiger partial charge on any atom is 0.228 e. The Morgan fingerprint density at radius 1 is 1.00 bits per heavy atom. The van der Waals surface area contributed by atoms with Crippen molar-refractivity contribution >= 4 is 11.6 Å². The fourth-order valence-corrected chi connectivity index (χ4v) is 1.65. The molecule has 0 amide bonds. The van der Waals surface area contributed by atoms with E-state index in [2.05, 4.69) is 0 Å². The summed E-state index contributed by atoms with van der Waals surface area (Å²) < 4.78 is 0. The van der Waals surface area contributed by atoms with Crippen LogP contribution in [0.15, 0.2) is 29.5 Å². The molecule has 0 heterocycles. The van der Waals surface area contributed by atoms with Gasteiger partial charge in [0.1, 0.15) is 0 Å². The fraction of sp³-hybridized carbons (Fsp3) is 0.167. The monoisotopic (exact) mass is 202 g/mol. The van der Waals surface area contributed by atoms with Gasteiger partial charge in [-0.05, 0) is 19.9 Å². The average Bonchev–Trinajstić information content (AvgIpc) is 2.23. The minimum Gasteiger partial charge on any atom is -0.504 e. The molecule has 0 bridgehead atoms. The highest BCUT2D eigenvalue weighted by Crippen LogP contribution is 2.25. The van der Waals surface area contributed by atoms with E-state index in [-0.39, 0.29) is 11.4 Å². The topological polar surface area (TPSA) is 54.4 Å². The van der Waals surface area contributed by atoms with E-state index < -0.39 is 11.5 Å². The number of hydrogen-bond donors (Lipinski definition) is 1. The predicted octanol–water partition coefficient (Wildman–Crippen LogP) is 2.21. The summed E-state index contributed by atoms with van der Waals surface area (Å²) in [4.78, 5) is 23.4. The van der Waals surface area contributed by atoms with Crippen molar-refractivity contribution in [3.05, 3.63) is 46.2 Å². The van der Waals surface area contributed by atoms with Gasteiger partial charge in [0.15, 0.2) is 11.5 Å². The van der Waals surface area contributed by atoms with Gasteiger partial charge in [-0.1, -0.05) is 17.7 Å². The molecule has 2 rings (SSSR count). The van der Waals surface area contributed by atoms with E-state index in [1.165, 1.54) is 6.92 Å². The third-order valence-electron chi connectivity index (χ3n) is 2.58. The number of benzene rings is 1. The van der Waals surface area contributed by atoms with Gasteiger partial charge in [-0.15, -0.1) is 0 Å². The third kappa shape index (κ3) is 1.28. The summed E-state index contributed by atoms with van der Waals surface area (Å²) in [5.41, 5.74) is 1.68. The van der Waals surface area contributed by atoms with E-state index in [4.69, 9.17) is 0 Å². The smallest absolute Gasteiger partial charge is 0.228 e. The molecule has 0 saturated heterocycles. The van der Waals surface area contributed by atoms with Crippen LogP contribution in [0.2, 0.25) is 0 Å². The molecule has 0 atom stereocenters. The van der Waals surface area contributed by atoms with E-state index >= 15 is 0 Å². The average molecular weight is 202 g/mol. The summed E-state index contributed by atoms with van der Waals surface area (Å²) in [7, 11) is 0. The summed E-state index contributed by atoms with van der Waals surface area (Å²) in [5, 5.41) is 9.46. The SMILES string of the molecule is CC1=C(O)C(=O)c2cc(C)ccc2C1=O. The number of aryl methyl sites for hydroxylation is 1. The molecule has 0 radical (unpaired) electrons. The molecule has 3 heteroatoms. The zero-order valence-electron chi connectivity index (χ0n) is 8.50. The Kier molecular flexibility index (Phi) is 1.96. The lowest BCUT2D eigenvalue weighted by molar-refractivity contribution is 0.0929. The molecule has 0 saturated carbocycles. The summed E-state index contributed by atoms with van der Waals surface area (Å²) >= 11 is 0. The summed E-state index contributed by atoms with van der Waals surface area (Å²) in [6.07, 6.45) is 0. The Bertz CT molecular complexity index is 510. The van der Waals surface area contributed by atoms with Crippen LogP contribution in [0.3, 0.4) is 0 Å². The second-order valence-corrected chi connectivity index (χ2v) is 3.68. The van der Waals surface area contributed by atoms with Crippen molar-refractivity contribution in [3.8, 4) is 0 Å². The van der Waals surface area contributed by atoms with Crippen LogP contribution >= 0.6 is 0 Å². The summed E-state index contributed by atoms with van der Waals surface area (Å²) in [6, 6.07) is 5.03. The van der Waals surface area contributed by atoms with Crippen molar-refractivity contribution in [2.75, 3.05) is 0 Å². The molecule has 0 unspecified atom stereocenters. The van der Waals surface area contributed by atoms with Crippen LogP contribution in [0.1, 0.15) is 33.2 Å². The minimum absolute atomic E-state index is 0.122. The summed E-state index contributed by atoms with van der Waals surface area (Å²) in [5.74, 6) is -1.17. The van der Waals surface area contributed by atoms with Gasteiger partial charge in [-0.3, -0.25) is 9.59 Å². The van der Waals surface area contributed by atoms with E-state index in [0.29, 0.717) is 11.1 Å². The zero-order chi connectivity index (χ0) is 11.2. The van der Waals surface area contributed by atoms with Gasteiger partial charge in [0.25, 0.3) is 0 Å². The van der Waals surface area contributed by atoms with Crippen LogP contribution in [-0.2, 0) is 0 Å². The van der Waals surface area contributed by atoms with Gasteiger partial charge in [0.05, 0.1) is 0 Å². The molecule has 0 spiro atoms. The van der Waals surface area contributed by atoms with Crippen molar-refractivity contribution in [2.24, 2.45) is 0 Å². The lowest BCUT2D eigenvalue weighted by Gasteiger charge is -2.15. The van der Waals surface area contributed by atoms with Crippen molar-refractivity contribution in [3.63, 3.8) is 0 Å². The molecule has 0 aromatic heterocycles. The van der Waals surface area contributed by atoms with Crippen molar-refractivity contribution in [1.82, 2.24) is 0 Å². The lowest BCUT2D eigenvalue weighted by atomic mass is 9.88. The highest BCUT2D eigenvalue weighted by Gasteiger charge is 2.29. The molecule has 1 aromatic carbocycles. The highest BCUT2D eigenvalue weighted by molar-refractivity contribution is 6.25. The molecule has 1 aliphatic carbocycles. The van der Waals surface area contributed by atoms with Gasteiger partial charge in [-0.2, -0.15) is 0 Å². The zero-order valence-corrected chi connectivity index (χ0v) is 8.50. The van der Waals surface area contributed by atoms with E-state index in [1.807, 2.05) is 6.92 Å². The molecule has 15 heavy (non-hydrogen) atoms. The molecular weight excluding hydrogens is 192 g/mol. The Morgan fingerprint density at radius 2 is 1.67 bits per heavy atom. The number of carbonyl (C=O) groups excluding carboxylic acids is 2. The standard InChI is InChI=1S/C12H10O3/c1-6-3-4-8-9(5-6)12(15)11(14)7(2)10(8)13/h3-5,14H,1-2H3. The van der Waals surface area contributed by atoms with Crippen molar-refractivity contribution in [1.29, 1.82) is 0 Å². The predicted molar refractivity (Wildman–Crippen MR) is 55.2 cm³/mol. The largest absolute Gasteiger partial charge is 0.504 e. The van der Waals surface area contributed by atoms with Crippen LogP contribution in [0.4, 0.5) is 0 Å². The maximum atomic E-state index is 11.7. The molecular formula is C12H10O3. The number of carbonyl (C=O) groups is 2. The van der Waals surface area contributed by atoms with E-state index in [0.717, 1.165) is 5.56 Å². The Hall–Kier alpha value is -1.90. The van der Waals surface area contributed by atoms with Crippen LogP contribution in [0, 0.1) is 6.92 Å². The summed E-state index contributed by atoms with van der Waals surface area (Å²) in [6.45, 7) is 3.29. The van der Waals surface area contributed by atoms with Crippen LogP contribution in [-0.4, -0.2) is 16.7 Å². The van der Waals surface area contributed by atoms with Crippen LogP contribution in [0.5, 0.6) is 0 Å². The molecule has 76 valence electrons. The first-order chi connectivity index (χ1) is 7.02. The number of Topliss-reactive ketones (excluding diaryl/α,β-unsaturated/α-hetero) is 2. The van der Waals surface area contributed by atoms with Gasteiger partial charge in [0.2, 0.25) is 5.78 Å². The lowest BCUT2D eigenvalue weighted by Crippen LogP contribution is -2.20. The first kappa shape index (κ1) is 9.65. The van der Waals surface area contributed by atoms with Gasteiger partial charge in [0, 0.05) is 16.7 Å². The molecule has 1 aromatic rings. The second kappa shape index (κ2) is 3.05. The molecule has 1 N–H and O–H groups in total. The van der Waals surface area contributed by atoms with Crippen molar-refractivity contribution in [2.45, 2.75) is 13.8 Å². The Labute approximate surface area is 87.0 Å². The number of aliphatic hydroxyl groups excluding tert-OH is 1. The maximum absolute atomic E-state index is 11.7. The number of hydrogen-bond acceptors (Lipinski definition) is 3. The number of rotatable bonds is 0. The van der Waals surface area contributed by atoms with Crippen LogP contribution in [0.25, 0.3) is 0 Å². The quantitative estimate of drug-likeness (QED) is 0.701. The second-order valence-electron chi connectivity index (χ2n) is 3.68. The molecule has 0 aliphatic heterocycles. The third-order valence-corrected chi connectivity index (χ3v) is 2.58. The Balaban J connectivity index is 2.73. The van der Waals surface area contributed by atoms with Gasteiger partial charge < -0.3 is 5.11 Å². The normalized spacial score (nSPS) is 15.6. The van der Waals surface area contributed by atoms with Crippen molar-refractivity contribution < 1.29 is 14.7 Å². The molecule has 0 fully saturated rings. The minimum atomic E-state index is -0.467. The number of aliphatic hydroxyl groups is 1. The van der Waals surface area contributed by atoms with Gasteiger partial charge >= 0.3 is 0 Å². The highest BCUT2D eigenvalue weighted by atomic mass is 16.3.